The van der Waals surface area contributed by atoms with Crippen LogP contribution in [0.5, 0.6) is 11.5 Å². The van der Waals surface area contributed by atoms with Gasteiger partial charge in [-0.1, -0.05) is 23.7 Å². The van der Waals surface area contributed by atoms with E-state index < -0.39 is 11.7 Å². The maximum atomic E-state index is 13.9. The largest absolute Gasteiger partial charge is 0.457 e. The topological polar surface area (TPSA) is 86.0 Å². The van der Waals surface area contributed by atoms with Crippen molar-refractivity contribution in [3.8, 4) is 22.8 Å². The Labute approximate surface area is 179 Å². The van der Waals surface area contributed by atoms with Crippen LogP contribution in [-0.4, -0.2) is 22.0 Å². The molecule has 0 saturated carbocycles. The Morgan fingerprint density at radius 1 is 1.00 bits per heavy atom. The molecular formula is C21H15ClF3N5O. The van der Waals surface area contributed by atoms with Gasteiger partial charge in [-0.25, -0.2) is 4.98 Å². The summed E-state index contributed by atoms with van der Waals surface area (Å²) in [5.41, 5.74) is 4.78. The molecule has 4 rings (SSSR count). The smallest absolute Gasteiger partial charge is 0.417 e. The first-order valence-electron chi connectivity index (χ1n) is 9.02. The number of nitrogen functional groups attached to an aromatic ring is 1. The second-order valence-electron chi connectivity index (χ2n) is 6.48. The van der Waals surface area contributed by atoms with Gasteiger partial charge in [0.05, 0.1) is 22.2 Å². The Balaban J connectivity index is 1.94. The number of hydrogen-bond donors (Lipinski definition) is 2. The van der Waals surface area contributed by atoms with E-state index in [0.29, 0.717) is 16.2 Å². The quantitative estimate of drug-likeness (QED) is 0.414. The average Bonchev–Trinajstić information content (AvgIpc) is 2.72. The summed E-state index contributed by atoms with van der Waals surface area (Å²) in [6.07, 6.45) is -4.64. The number of nitrogens with zero attached hydrogens (tertiary/aromatic N) is 3. The van der Waals surface area contributed by atoms with E-state index >= 15 is 0 Å². The van der Waals surface area contributed by atoms with E-state index in [2.05, 4.69) is 20.3 Å². The summed E-state index contributed by atoms with van der Waals surface area (Å²) in [5.74, 6) is 0.625. The Morgan fingerprint density at radius 3 is 2.48 bits per heavy atom. The van der Waals surface area contributed by atoms with E-state index in [4.69, 9.17) is 22.1 Å². The van der Waals surface area contributed by atoms with E-state index in [1.54, 1.807) is 31.3 Å². The highest BCUT2D eigenvalue weighted by atomic mass is 35.5. The number of alkyl halides is 3. The fourth-order valence-electron chi connectivity index (χ4n) is 3.13. The molecule has 0 aliphatic carbocycles. The number of benzene rings is 2. The van der Waals surface area contributed by atoms with Gasteiger partial charge in [-0.05, 0) is 42.5 Å². The zero-order valence-electron chi connectivity index (χ0n) is 16.0. The summed E-state index contributed by atoms with van der Waals surface area (Å²) in [6.45, 7) is 0. The minimum absolute atomic E-state index is 0.0256. The summed E-state index contributed by atoms with van der Waals surface area (Å²) in [6, 6.07) is 13.1. The fraction of sp³-hybridized carbons (Fsp3) is 0.0952. The van der Waals surface area contributed by atoms with E-state index in [0.717, 1.165) is 6.07 Å². The minimum Gasteiger partial charge on any atom is -0.457 e. The Hall–Kier alpha value is -3.59. The van der Waals surface area contributed by atoms with E-state index in [1.807, 2.05) is 0 Å². The molecule has 2 heterocycles. The summed E-state index contributed by atoms with van der Waals surface area (Å²) in [5, 5.41) is 3.77. The van der Waals surface area contributed by atoms with Crippen molar-refractivity contribution in [1.82, 2.24) is 15.0 Å². The molecule has 0 bridgehead atoms. The molecule has 4 aromatic rings. The molecule has 2 aromatic heterocycles. The highest BCUT2D eigenvalue weighted by Crippen LogP contribution is 2.43. The molecule has 158 valence electrons. The van der Waals surface area contributed by atoms with Crippen LogP contribution in [0.4, 0.5) is 24.9 Å². The van der Waals surface area contributed by atoms with Gasteiger partial charge in [-0.3, -0.25) is 0 Å². The van der Waals surface area contributed by atoms with Crippen LogP contribution in [0.15, 0.2) is 54.6 Å². The molecule has 31 heavy (non-hydrogen) atoms. The van der Waals surface area contributed by atoms with Gasteiger partial charge in [0, 0.05) is 12.1 Å². The third-order valence-corrected chi connectivity index (χ3v) is 4.66. The molecule has 0 atom stereocenters. The molecule has 0 aliphatic rings. The summed E-state index contributed by atoms with van der Waals surface area (Å²) in [4.78, 5) is 12.5. The van der Waals surface area contributed by atoms with Crippen molar-refractivity contribution in [3.05, 3.63) is 65.2 Å². The first kappa shape index (κ1) is 20.7. The number of aromatic nitrogens is 3. The van der Waals surface area contributed by atoms with Gasteiger partial charge in [0.1, 0.15) is 17.3 Å². The highest BCUT2D eigenvalue weighted by Gasteiger charge is 2.36. The van der Waals surface area contributed by atoms with Crippen molar-refractivity contribution in [1.29, 1.82) is 0 Å². The van der Waals surface area contributed by atoms with Gasteiger partial charge in [0.15, 0.2) is 5.65 Å². The van der Waals surface area contributed by atoms with Gasteiger partial charge < -0.3 is 15.8 Å². The lowest BCUT2D eigenvalue weighted by molar-refractivity contribution is -0.137. The van der Waals surface area contributed by atoms with Crippen LogP contribution in [0.1, 0.15) is 5.56 Å². The molecule has 0 aliphatic heterocycles. The van der Waals surface area contributed by atoms with E-state index in [9.17, 15) is 13.2 Å². The molecular weight excluding hydrogens is 431 g/mol. The van der Waals surface area contributed by atoms with Crippen molar-refractivity contribution in [2.24, 2.45) is 0 Å². The van der Waals surface area contributed by atoms with Crippen LogP contribution in [0.2, 0.25) is 5.02 Å². The first-order valence-corrected chi connectivity index (χ1v) is 9.40. The third-order valence-electron chi connectivity index (χ3n) is 4.43. The molecule has 2 aromatic carbocycles. The normalized spacial score (nSPS) is 11.5. The SMILES string of the molecule is CNc1nc(N)nc2nc(-c3c(Oc4cccc(Cl)c4)cccc3C(F)(F)F)ccc12. The van der Waals surface area contributed by atoms with Gasteiger partial charge in [-0.15, -0.1) is 0 Å². The number of rotatable bonds is 4. The van der Waals surface area contributed by atoms with Crippen molar-refractivity contribution in [2.75, 3.05) is 18.1 Å². The molecule has 0 spiro atoms. The van der Waals surface area contributed by atoms with Gasteiger partial charge in [0.2, 0.25) is 5.95 Å². The maximum absolute atomic E-state index is 13.9. The zero-order chi connectivity index (χ0) is 22.2. The van der Waals surface area contributed by atoms with E-state index in [-0.39, 0.29) is 34.4 Å². The third kappa shape index (κ3) is 4.17. The maximum Gasteiger partial charge on any atom is 0.417 e. The van der Waals surface area contributed by atoms with Crippen molar-refractivity contribution < 1.29 is 17.9 Å². The monoisotopic (exact) mass is 445 g/mol. The summed E-state index contributed by atoms with van der Waals surface area (Å²) >= 11 is 5.98. The predicted octanol–water partition coefficient (Wildman–Crippen LogP) is 5.78. The number of nitrogens with one attached hydrogen (secondary N) is 1. The molecule has 0 saturated heterocycles. The van der Waals surface area contributed by atoms with Crippen LogP contribution in [0, 0.1) is 0 Å². The minimum atomic E-state index is -4.64. The molecule has 6 nitrogen and oxygen atoms in total. The second-order valence-corrected chi connectivity index (χ2v) is 6.92. The number of nitrogens with two attached hydrogens (primary N) is 1. The average molecular weight is 446 g/mol. The van der Waals surface area contributed by atoms with Crippen molar-refractivity contribution in [3.63, 3.8) is 0 Å². The summed E-state index contributed by atoms with van der Waals surface area (Å²) in [7, 11) is 1.64. The van der Waals surface area contributed by atoms with Crippen molar-refractivity contribution in [2.45, 2.75) is 6.18 Å². The second kappa shape index (κ2) is 7.92. The van der Waals surface area contributed by atoms with Crippen molar-refractivity contribution >= 4 is 34.4 Å². The Kier molecular flexibility index (Phi) is 5.28. The predicted molar refractivity (Wildman–Crippen MR) is 113 cm³/mol. The lowest BCUT2D eigenvalue weighted by atomic mass is 10.0. The zero-order valence-corrected chi connectivity index (χ0v) is 16.8. The molecule has 0 amide bonds. The van der Waals surface area contributed by atoms with Crippen LogP contribution >= 0.6 is 11.6 Å². The van der Waals surface area contributed by atoms with Crippen LogP contribution in [-0.2, 0) is 6.18 Å². The number of halogens is 4. The van der Waals surface area contributed by atoms with Crippen LogP contribution in [0.25, 0.3) is 22.3 Å². The van der Waals surface area contributed by atoms with Crippen LogP contribution in [0.3, 0.4) is 0 Å². The number of fused-ring (bicyclic) bond motifs is 1. The molecule has 10 heteroatoms. The van der Waals surface area contributed by atoms with Crippen LogP contribution < -0.4 is 15.8 Å². The highest BCUT2D eigenvalue weighted by molar-refractivity contribution is 6.30. The fourth-order valence-corrected chi connectivity index (χ4v) is 3.31. The first-order chi connectivity index (χ1) is 14.8. The standard InChI is InChI=1S/C21H15ClF3N5O/c1-27-18-13-8-9-15(28-19(13)30-20(26)29-18)17-14(21(23,24)25)6-3-7-16(17)31-12-5-2-4-11(22)10-12/h2-10H,1H3,(H3,26,27,28,29,30). The number of anilines is 2. The Bertz CT molecular complexity index is 1280. The molecule has 0 unspecified atom stereocenters. The molecule has 3 N–H and O–H groups in total. The Morgan fingerprint density at radius 2 is 1.77 bits per heavy atom. The summed E-state index contributed by atoms with van der Waals surface area (Å²) < 4.78 is 47.3. The number of pyridine rings is 1. The lowest BCUT2D eigenvalue weighted by Gasteiger charge is -2.17. The van der Waals surface area contributed by atoms with E-state index in [1.165, 1.54) is 24.3 Å². The van der Waals surface area contributed by atoms with Gasteiger partial charge >= 0.3 is 6.18 Å². The lowest BCUT2D eigenvalue weighted by Crippen LogP contribution is -2.09. The molecule has 0 fully saturated rings. The number of ether oxygens (including phenoxy) is 1. The van der Waals surface area contributed by atoms with Gasteiger partial charge in [0.25, 0.3) is 0 Å². The molecule has 0 radical (unpaired) electrons. The van der Waals surface area contributed by atoms with Gasteiger partial charge in [-0.2, -0.15) is 23.1 Å². The number of hydrogen-bond acceptors (Lipinski definition) is 6.